The molecule has 1 aliphatic heterocycles. The molecule has 192 valence electrons. The standard InChI is InChI=1S/C29H28ClNO6/c1-35-15-7-14-31-26(20-10-6-11-22(16-20)37-18-19-8-4-3-5-9-19)25(28(33)29(31)34)27(32)21-12-13-24(36-2)23(30)17-21/h3-6,8-13,16-17,26,32H,7,14-15,18H2,1-2H3/b27-25+. The molecule has 3 aromatic carbocycles. The summed E-state index contributed by atoms with van der Waals surface area (Å²) in [5, 5.41) is 11.5. The number of aliphatic hydroxyl groups is 1. The fourth-order valence-corrected chi connectivity index (χ4v) is 4.58. The molecule has 1 fully saturated rings. The average molecular weight is 522 g/mol. The van der Waals surface area contributed by atoms with Crippen molar-refractivity contribution in [1.29, 1.82) is 0 Å². The third-order valence-corrected chi connectivity index (χ3v) is 6.43. The minimum Gasteiger partial charge on any atom is -0.507 e. The summed E-state index contributed by atoms with van der Waals surface area (Å²) < 4.78 is 16.3. The Hall–Kier alpha value is -3.81. The van der Waals surface area contributed by atoms with Gasteiger partial charge in [0.1, 0.15) is 23.9 Å². The van der Waals surface area contributed by atoms with Crippen molar-refractivity contribution >= 4 is 29.1 Å². The highest BCUT2D eigenvalue weighted by molar-refractivity contribution is 6.46. The predicted molar refractivity (Wildman–Crippen MR) is 141 cm³/mol. The van der Waals surface area contributed by atoms with Gasteiger partial charge in [0.25, 0.3) is 11.7 Å². The second-order valence-corrected chi connectivity index (χ2v) is 8.94. The normalized spacial score (nSPS) is 16.7. The maximum atomic E-state index is 13.2. The number of aliphatic hydroxyl groups excluding tert-OH is 1. The molecule has 1 unspecified atom stereocenters. The van der Waals surface area contributed by atoms with Gasteiger partial charge in [-0.2, -0.15) is 0 Å². The number of amides is 1. The Morgan fingerprint density at radius 3 is 2.49 bits per heavy atom. The number of carbonyl (C=O) groups is 2. The minimum absolute atomic E-state index is 0.0103. The molecule has 1 heterocycles. The van der Waals surface area contributed by atoms with Gasteiger partial charge in [0.2, 0.25) is 0 Å². The van der Waals surface area contributed by atoms with Crippen molar-refractivity contribution in [1.82, 2.24) is 4.90 Å². The Bertz CT molecular complexity index is 1310. The summed E-state index contributed by atoms with van der Waals surface area (Å²) in [6.07, 6.45) is 0.526. The summed E-state index contributed by atoms with van der Waals surface area (Å²) in [7, 11) is 3.06. The van der Waals surface area contributed by atoms with E-state index in [9.17, 15) is 14.7 Å². The summed E-state index contributed by atoms with van der Waals surface area (Å²) in [5.41, 5.74) is 1.95. The smallest absolute Gasteiger partial charge is 0.295 e. The minimum atomic E-state index is -0.807. The molecule has 1 saturated heterocycles. The number of rotatable bonds is 10. The lowest BCUT2D eigenvalue weighted by Gasteiger charge is -2.25. The molecule has 0 saturated carbocycles. The number of methoxy groups -OCH3 is 2. The molecule has 1 aliphatic rings. The summed E-state index contributed by atoms with van der Waals surface area (Å²) in [6.45, 7) is 1.06. The van der Waals surface area contributed by atoms with Crippen LogP contribution in [0.3, 0.4) is 0 Å². The lowest BCUT2D eigenvalue weighted by Crippen LogP contribution is -2.31. The first-order chi connectivity index (χ1) is 17.9. The van der Waals surface area contributed by atoms with Crippen LogP contribution in [0.1, 0.15) is 29.2 Å². The maximum Gasteiger partial charge on any atom is 0.295 e. The van der Waals surface area contributed by atoms with Gasteiger partial charge in [-0.1, -0.05) is 54.1 Å². The first kappa shape index (κ1) is 26.3. The van der Waals surface area contributed by atoms with E-state index >= 15 is 0 Å². The molecule has 1 atom stereocenters. The van der Waals surface area contributed by atoms with Crippen molar-refractivity contribution in [2.75, 3.05) is 27.4 Å². The zero-order valence-corrected chi connectivity index (χ0v) is 21.4. The summed E-state index contributed by atoms with van der Waals surface area (Å²) in [6, 6.07) is 20.8. The number of benzene rings is 3. The van der Waals surface area contributed by atoms with Crippen molar-refractivity contribution < 1.29 is 28.9 Å². The number of ether oxygens (including phenoxy) is 3. The SMILES string of the molecule is COCCCN1C(=O)C(=O)/C(=C(/O)c2ccc(OC)c(Cl)c2)C1c1cccc(OCc2ccccc2)c1. The van der Waals surface area contributed by atoms with Gasteiger partial charge in [-0.05, 0) is 47.9 Å². The predicted octanol–water partition coefficient (Wildman–Crippen LogP) is 5.39. The van der Waals surface area contributed by atoms with E-state index < -0.39 is 17.7 Å². The number of halogens is 1. The van der Waals surface area contributed by atoms with Crippen LogP contribution in [-0.2, 0) is 20.9 Å². The van der Waals surface area contributed by atoms with Crippen LogP contribution in [0, 0.1) is 0 Å². The largest absolute Gasteiger partial charge is 0.507 e. The third kappa shape index (κ3) is 5.79. The average Bonchev–Trinajstić information content (AvgIpc) is 3.17. The van der Waals surface area contributed by atoms with E-state index in [0.717, 1.165) is 5.56 Å². The van der Waals surface area contributed by atoms with Gasteiger partial charge in [0.15, 0.2) is 0 Å². The van der Waals surface area contributed by atoms with Crippen molar-refractivity contribution in [3.8, 4) is 11.5 Å². The molecular formula is C29H28ClNO6. The Kier molecular flexibility index (Phi) is 8.48. The van der Waals surface area contributed by atoms with E-state index in [1.165, 1.54) is 18.1 Å². The number of carbonyl (C=O) groups excluding carboxylic acids is 2. The molecular weight excluding hydrogens is 494 g/mol. The Labute approximate surface area is 220 Å². The number of Topliss-reactive ketones (excluding diaryl/α,β-unsaturated/α-hetero) is 1. The summed E-state index contributed by atoms with van der Waals surface area (Å²) in [4.78, 5) is 27.8. The van der Waals surface area contributed by atoms with Gasteiger partial charge in [0, 0.05) is 25.8 Å². The van der Waals surface area contributed by atoms with Crippen LogP contribution in [0.15, 0.2) is 78.4 Å². The summed E-state index contributed by atoms with van der Waals surface area (Å²) >= 11 is 6.27. The van der Waals surface area contributed by atoms with Gasteiger partial charge in [-0.15, -0.1) is 0 Å². The van der Waals surface area contributed by atoms with Crippen molar-refractivity contribution in [2.45, 2.75) is 19.1 Å². The molecule has 3 aromatic rings. The van der Waals surface area contributed by atoms with Gasteiger partial charge in [0.05, 0.1) is 23.7 Å². The molecule has 0 aliphatic carbocycles. The first-order valence-corrected chi connectivity index (χ1v) is 12.2. The van der Waals surface area contributed by atoms with E-state index in [1.807, 2.05) is 42.5 Å². The van der Waals surface area contributed by atoms with Crippen molar-refractivity contribution in [3.63, 3.8) is 0 Å². The molecule has 37 heavy (non-hydrogen) atoms. The van der Waals surface area contributed by atoms with Gasteiger partial charge >= 0.3 is 0 Å². The Morgan fingerprint density at radius 2 is 1.78 bits per heavy atom. The molecule has 0 aromatic heterocycles. The quantitative estimate of drug-likeness (QED) is 0.167. The lowest BCUT2D eigenvalue weighted by molar-refractivity contribution is -0.140. The second kappa shape index (κ2) is 12.0. The van der Waals surface area contributed by atoms with E-state index in [0.29, 0.717) is 42.3 Å². The zero-order chi connectivity index (χ0) is 26.4. The molecule has 4 rings (SSSR count). The highest BCUT2D eigenvalue weighted by Gasteiger charge is 2.46. The van der Waals surface area contributed by atoms with E-state index in [2.05, 4.69) is 0 Å². The summed E-state index contributed by atoms with van der Waals surface area (Å²) in [5.74, 6) is -0.743. The molecule has 0 radical (unpaired) electrons. The Balaban J connectivity index is 1.74. The number of likely N-dealkylation sites (tertiary alicyclic amines) is 1. The number of hydrogen-bond acceptors (Lipinski definition) is 6. The molecule has 1 N–H and O–H groups in total. The highest BCUT2D eigenvalue weighted by atomic mass is 35.5. The van der Waals surface area contributed by atoms with Crippen LogP contribution < -0.4 is 9.47 Å². The van der Waals surface area contributed by atoms with Gasteiger partial charge < -0.3 is 24.2 Å². The van der Waals surface area contributed by atoms with Crippen LogP contribution in [-0.4, -0.2) is 49.1 Å². The van der Waals surface area contributed by atoms with Gasteiger partial charge in [-0.3, -0.25) is 9.59 Å². The van der Waals surface area contributed by atoms with Crippen LogP contribution >= 0.6 is 11.6 Å². The second-order valence-electron chi connectivity index (χ2n) is 8.53. The monoisotopic (exact) mass is 521 g/mol. The van der Waals surface area contributed by atoms with E-state index in [1.54, 1.807) is 31.4 Å². The van der Waals surface area contributed by atoms with Crippen LogP contribution in [0.4, 0.5) is 0 Å². The topological polar surface area (TPSA) is 85.3 Å². The fraction of sp³-hybridized carbons (Fsp3) is 0.241. The number of nitrogens with zero attached hydrogens (tertiary/aromatic N) is 1. The van der Waals surface area contributed by atoms with Crippen LogP contribution in [0.5, 0.6) is 11.5 Å². The van der Waals surface area contributed by atoms with E-state index in [-0.39, 0.29) is 22.9 Å². The first-order valence-electron chi connectivity index (χ1n) is 11.8. The molecule has 1 amide bonds. The highest BCUT2D eigenvalue weighted by Crippen LogP contribution is 2.41. The molecule has 7 nitrogen and oxygen atoms in total. The molecule has 0 bridgehead atoms. The van der Waals surface area contributed by atoms with Crippen LogP contribution in [0.25, 0.3) is 5.76 Å². The number of hydrogen-bond donors (Lipinski definition) is 1. The van der Waals surface area contributed by atoms with E-state index in [4.69, 9.17) is 25.8 Å². The van der Waals surface area contributed by atoms with Gasteiger partial charge in [-0.25, -0.2) is 0 Å². The molecule has 0 spiro atoms. The zero-order valence-electron chi connectivity index (χ0n) is 20.6. The van der Waals surface area contributed by atoms with Crippen LogP contribution in [0.2, 0.25) is 5.02 Å². The van der Waals surface area contributed by atoms with Crippen molar-refractivity contribution in [3.05, 3.63) is 100 Å². The fourth-order valence-electron chi connectivity index (χ4n) is 4.32. The molecule has 8 heteroatoms. The van der Waals surface area contributed by atoms with Crippen molar-refractivity contribution in [2.24, 2.45) is 0 Å². The lowest BCUT2D eigenvalue weighted by atomic mass is 9.95. The number of ketones is 1. The maximum absolute atomic E-state index is 13.2. The Morgan fingerprint density at radius 1 is 1.00 bits per heavy atom. The third-order valence-electron chi connectivity index (χ3n) is 6.13.